The molecule has 0 aromatic heterocycles. The molecule has 2 saturated heterocycles. The molecule has 118 valence electrons. The number of likely N-dealkylation sites (N-methyl/N-ethyl adjacent to an activating group) is 2. The van der Waals surface area contributed by atoms with E-state index in [2.05, 4.69) is 35.7 Å². The Bertz CT molecular complexity index is 296. The number of nitrogens with two attached hydrogens (primary N) is 1. The first-order chi connectivity index (χ1) is 9.61. The van der Waals surface area contributed by atoms with Crippen LogP contribution in [0.2, 0.25) is 0 Å². The average Bonchev–Trinajstić information content (AvgIpc) is 2.75. The molecule has 0 radical (unpaired) electrons. The minimum Gasteiger partial charge on any atom is -0.329 e. The summed E-state index contributed by atoms with van der Waals surface area (Å²) in [6, 6.07) is 0.731. The van der Waals surface area contributed by atoms with E-state index in [0.717, 1.165) is 12.6 Å². The predicted molar refractivity (Wildman–Crippen MR) is 86.0 cm³/mol. The standard InChI is InChI=1S/C16H34N4/c1-4-20-11-6-8-16(14-17,9-12-20)19(3)13-15-7-5-10-18(15)2/h15H,4-14,17H2,1-3H3. The van der Waals surface area contributed by atoms with Crippen LogP contribution in [0.5, 0.6) is 0 Å². The molecule has 2 fully saturated rings. The van der Waals surface area contributed by atoms with Gasteiger partial charge in [-0.05, 0) is 72.4 Å². The van der Waals surface area contributed by atoms with Crippen LogP contribution in [0.3, 0.4) is 0 Å². The number of rotatable bonds is 5. The molecule has 2 unspecified atom stereocenters. The summed E-state index contributed by atoms with van der Waals surface area (Å²) in [4.78, 5) is 7.70. The zero-order valence-corrected chi connectivity index (χ0v) is 13.8. The van der Waals surface area contributed by atoms with E-state index in [-0.39, 0.29) is 5.54 Å². The second-order valence-electron chi connectivity index (χ2n) is 6.87. The fourth-order valence-corrected chi connectivity index (χ4v) is 4.01. The van der Waals surface area contributed by atoms with Gasteiger partial charge >= 0.3 is 0 Å². The zero-order valence-electron chi connectivity index (χ0n) is 13.8. The van der Waals surface area contributed by atoms with Crippen LogP contribution in [-0.4, -0.2) is 79.6 Å². The Morgan fingerprint density at radius 2 is 2.00 bits per heavy atom. The Morgan fingerprint density at radius 1 is 1.20 bits per heavy atom. The molecule has 0 bridgehead atoms. The Hall–Kier alpha value is -0.160. The summed E-state index contributed by atoms with van der Waals surface area (Å²) < 4.78 is 0. The van der Waals surface area contributed by atoms with Crippen molar-refractivity contribution in [3.05, 3.63) is 0 Å². The van der Waals surface area contributed by atoms with E-state index in [4.69, 9.17) is 5.73 Å². The average molecular weight is 282 g/mol. The Balaban J connectivity index is 1.97. The molecule has 2 N–H and O–H groups in total. The Labute approximate surface area is 125 Å². The van der Waals surface area contributed by atoms with Gasteiger partial charge in [0, 0.05) is 24.7 Å². The van der Waals surface area contributed by atoms with Crippen molar-refractivity contribution in [3.8, 4) is 0 Å². The molecule has 2 heterocycles. The lowest BCUT2D eigenvalue weighted by Gasteiger charge is -2.43. The predicted octanol–water partition coefficient (Wildman–Crippen LogP) is 1.22. The highest BCUT2D eigenvalue weighted by Crippen LogP contribution is 2.29. The van der Waals surface area contributed by atoms with E-state index in [1.54, 1.807) is 0 Å². The van der Waals surface area contributed by atoms with E-state index in [1.165, 1.54) is 64.8 Å². The van der Waals surface area contributed by atoms with Crippen LogP contribution < -0.4 is 5.73 Å². The molecular formula is C16H34N4. The third-order valence-corrected chi connectivity index (χ3v) is 5.80. The van der Waals surface area contributed by atoms with Crippen LogP contribution in [0, 0.1) is 0 Å². The van der Waals surface area contributed by atoms with Gasteiger partial charge in [0.25, 0.3) is 0 Å². The highest BCUT2D eigenvalue weighted by atomic mass is 15.3. The number of nitrogens with zero attached hydrogens (tertiary/aromatic N) is 3. The summed E-state index contributed by atoms with van der Waals surface area (Å²) in [6.45, 7) is 9.14. The molecule has 4 nitrogen and oxygen atoms in total. The molecular weight excluding hydrogens is 248 g/mol. The van der Waals surface area contributed by atoms with Gasteiger partial charge in [0.15, 0.2) is 0 Å². The van der Waals surface area contributed by atoms with Crippen LogP contribution in [-0.2, 0) is 0 Å². The van der Waals surface area contributed by atoms with Crippen LogP contribution in [0.4, 0.5) is 0 Å². The Morgan fingerprint density at radius 3 is 2.60 bits per heavy atom. The van der Waals surface area contributed by atoms with Gasteiger partial charge in [-0.1, -0.05) is 6.92 Å². The molecule has 0 aromatic rings. The zero-order chi connectivity index (χ0) is 14.6. The molecule has 2 rings (SSSR count). The summed E-state index contributed by atoms with van der Waals surface area (Å²) in [7, 11) is 4.58. The number of hydrogen-bond donors (Lipinski definition) is 1. The van der Waals surface area contributed by atoms with Gasteiger partial charge in [-0.2, -0.15) is 0 Å². The highest BCUT2D eigenvalue weighted by molar-refractivity contribution is 4.95. The monoisotopic (exact) mass is 282 g/mol. The highest BCUT2D eigenvalue weighted by Gasteiger charge is 2.36. The lowest BCUT2D eigenvalue weighted by molar-refractivity contribution is 0.0813. The van der Waals surface area contributed by atoms with Crippen molar-refractivity contribution in [1.82, 2.24) is 14.7 Å². The maximum Gasteiger partial charge on any atom is 0.0342 e. The van der Waals surface area contributed by atoms with Crippen LogP contribution in [0.15, 0.2) is 0 Å². The van der Waals surface area contributed by atoms with Crippen LogP contribution >= 0.6 is 0 Å². The van der Waals surface area contributed by atoms with Gasteiger partial charge in [0.1, 0.15) is 0 Å². The topological polar surface area (TPSA) is 35.7 Å². The van der Waals surface area contributed by atoms with E-state index in [1.807, 2.05) is 0 Å². The van der Waals surface area contributed by atoms with Crippen molar-refractivity contribution in [2.45, 2.75) is 50.6 Å². The van der Waals surface area contributed by atoms with Crippen molar-refractivity contribution in [3.63, 3.8) is 0 Å². The molecule has 2 atom stereocenters. The second-order valence-corrected chi connectivity index (χ2v) is 6.87. The van der Waals surface area contributed by atoms with Crippen molar-refractivity contribution < 1.29 is 0 Å². The van der Waals surface area contributed by atoms with E-state index in [0.29, 0.717) is 0 Å². The van der Waals surface area contributed by atoms with Crippen molar-refractivity contribution >= 4 is 0 Å². The first-order valence-electron chi connectivity index (χ1n) is 8.45. The molecule has 4 heteroatoms. The van der Waals surface area contributed by atoms with Gasteiger partial charge in [-0.25, -0.2) is 0 Å². The van der Waals surface area contributed by atoms with Gasteiger partial charge < -0.3 is 15.5 Å². The summed E-state index contributed by atoms with van der Waals surface area (Å²) in [5.41, 5.74) is 6.46. The maximum absolute atomic E-state index is 6.23. The number of hydrogen-bond acceptors (Lipinski definition) is 4. The minimum atomic E-state index is 0.230. The first kappa shape index (κ1) is 16.2. The fourth-order valence-electron chi connectivity index (χ4n) is 4.01. The van der Waals surface area contributed by atoms with Crippen molar-refractivity contribution in [2.75, 3.05) is 53.4 Å². The first-order valence-corrected chi connectivity index (χ1v) is 8.45. The largest absolute Gasteiger partial charge is 0.329 e. The van der Waals surface area contributed by atoms with E-state index in [9.17, 15) is 0 Å². The lowest BCUT2D eigenvalue weighted by atomic mass is 9.88. The number of likely N-dealkylation sites (tertiary alicyclic amines) is 2. The molecule has 20 heavy (non-hydrogen) atoms. The summed E-state index contributed by atoms with van der Waals surface area (Å²) in [6.07, 6.45) is 6.48. The smallest absolute Gasteiger partial charge is 0.0342 e. The normalized spacial score (nSPS) is 33.8. The summed E-state index contributed by atoms with van der Waals surface area (Å²) >= 11 is 0. The molecule has 0 spiro atoms. The lowest BCUT2D eigenvalue weighted by Crippen LogP contribution is -2.55. The summed E-state index contributed by atoms with van der Waals surface area (Å²) in [5.74, 6) is 0. The SMILES string of the molecule is CCN1CCCC(CN)(N(C)CC2CCCN2C)CC1. The maximum atomic E-state index is 6.23. The molecule has 2 aliphatic heterocycles. The van der Waals surface area contributed by atoms with Crippen LogP contribution in [0.25, 0.3) is 0 Å². The van der Waals surface area contributed by atoms with Gasteiger partial charge in [-0.3, -0.25) is 4.90 Å². The molecule has 2 aliphatic rings. The molecule has 0 aliphatic carbocycles. The summed E-state index contributed by atoms with van der Waals surface area (Å²) in [5, 5.41) is 0. The van der Waals surface area contributed by atoms with E-state index >= 15 is 0 Å². The van der Waals surface area contributed by atoms with Crippen molar-refractivity contribution in [2.24, 2.45) is 5.73 Å². The Kier molecular flexibility index (Phi) is 5.84. The quantitative estimate of drug-likeness (QED) is 0.822. The van der Waals surface area contributed by atoms with E-state index < -0.39 is 0 Å². The van der Waals surface area contributed by atoms with Crippen molar-refractivity contribution in [1.29, 1.82) is 0 Å². The van der Waals surface area contributed by atoms with Gasteiger partial charge in [0.05, 0.1) is 0 Å². The second kappa shape index (κ2) is 7.21. The molecule has 0 saturated carbocycles. The minimum absolute atomic E-state index is 0.230. The molecule has 0 aromatic carbocycles. The van der Waals surface area contributed by atoms with Gasteiger partial charge in [0.2, 0.25) is 0 Å². The van der Waals surface area contributed by atoms with Crippen LogP contribution in [0.1, 0.15) is 39.0 Å². The molecule has 0 amide bonds. The fraction of sp³-hybridized carbons (Fsp3) is 1.00. The third-order valence-electron chi connectivity index (χ3n) is 5.80. The third kappa shape index (κ3) is 3.53. The van der Waals surface area contributed by atoms with Gasteiger partial charge in [-0.15, -0.1) is 0 Å².